The normalized spacial score (nSPS) is 13.3. The highest BCUT2D eigenvalue weighted by Gasteiger charge is 2.33. The van der Waals surface area contributed by atoms with Gasteiger partial charge in [-0.2, -0.15) is 0 Å². The van der Waals surface area contributed by atoms with Gasteiger partial charge in [-0.15, -0.1) is 37.4 Å². The fourth-order valence-electron chi connectivity index (χ4n) is 1.20. The number of hydrogen-bond acceptors (Lipinski definition) is 3. The second-order valence-electron chi connectivity index (χ2n) is 3.21. The lowest BCUT2D eigenvalue weighted by molar-refractivity contribution is -0.275. The minimum atomic E-state index is -4.84. The van der Waals surface area contributed by atoms with Crippen molar-refractivity contribution < 1.29 is 22.7 Å². The molecule has 17 heavy (non-hydrogen) atoms. The molecule has 0 heterocycles. The number of rotatable bonds is 3. The molecule has 1 rings (SSSR count). The summed E-state index contributed by atoms with van der Waals surface area (Å²) >= 11 is 9.70. The van der Waals surface area contributed by atoms with Crippen molar-refractivity contribution in [1.82, 2.24) is 0 Å². The summed E-state index contributed by atoms with van der Waals surface area (Å²) in [6.45, 7) is 1.18. The second kappa shape index (κ2) is 5.18. The van der Waals surface area contributed by atoms with Crippen molar-refractivity contribution in [3.8, 4) is 5.75 Å². The third kappa shape index (κ3) is 3.81. The monoisotopic (exact) mass is 284 g/mol. The van der Waals surface area contributed by atoms with Crippen LogP contribution < -0.4 is 4.74 Å². The molecule has 0 N–H and O–H groups in total. The lowest BCUT2D eigenvalue weighted by atomic mass is 10.1. The molecule has 0 radical (unpaired) electrons. The summed E-state index contributed by atoms with van der Waals surface area (Å²) in [6, 6.07) is 3.84. The topological polar surface area (TPSA) is 26.3 Å². The van der Waals surface area contributed by atoms with E-state index in [0.717, 1.165) is 6.07 Å². The molecule has 0 aliphatic heterocycles. The highest BCUT2D eigenvalue weighted by atomic mass is 35.5. The highest BCUT2D eigenvalue weighted by molar-refractivity contribution is 7.80. The zero-order valence-electron chi connectivity index (χ0n) is 8.58. The molecule has 1 aromatic carbocycles. The van der Waals surface area contributed by atoms with Crippen LogP contribution >= 0.6 is 24.2 Å². The first kappa shape index (κ1) is 14.2. The van der Waals surface area contributed by atoms with Gasteiger partial charge in [-0.3, -0.25) is 4.79 Å². The van der Waals surface area contributed by atoms with Gasteiger partial charge in [0.2, 0.25) is 0 Å². The number of ketones is 1. The lowest BCUT2D eigenvalue weighted by Gasteiger charge is -2.16. The standard InChI is InChI=1S/C10H8ClF3O2S/c1-5(15)9(11)8-6(16-10(12,13)14)3-2-4-7(8)17/h2-4,9,17H,1H3. The number of ether oxygens (including phenoxy) is 1. The zero-order chi connectivity index (χ0) is 13.2. The fourth-order valence-corrected chi connectivity index (χ4v) is 1.83. The molecule has 1 unspecified atom stereocenters. The van der Waals surface area contributed by atoms with Gasteiger partial charge in [0.1, 0.15) is 11.1 Å². The summed E-state index contributed by atoms with van der Waals surface area (Å²) in [5.74, 6) is -1.000. The Morgan fingerprint density at radius 2 is 2.06 bits per heavy atom. The van der Waals surface area contributed by atoms with Crippen LogP contribution in [0.25, 0.3) is 0 Å². The summed E-state index contributed by atoms with van der Waals surface area (Å²) in [5, 5.41) is -1.22. The maximum Gasteiger partial charge on any atom is 0.573 e. The molecule has 0 aromatic heterocycles. The van der Waals surface area contributed by atoms with Crippen LogP contribution in [0.4, 0.5) is 13.2 Å². The SMILES string of the molecule is CC(=O)C(Cl)c1c(S)cccc1OC(F)(F)F. The van der Waals surface area contributed by atoms with E-state index in [9.17, 15) is 18.0 Å². The molecule has 7 heteroatoms. The van der Waals surface area contributed by atoms with Crippen LogP contribution in [0.2, 0.25) is 0 Å². The summed E-state index contributed by atoms with van der Waals surface area (Å²) in [4.78, 5) is 11.3. The van der Waals surface area contributed by atoms with E-state index in [1.807, 2.05) is 0 Å². The van der Waals surface area contributed by atoms with Gasteiger partial charge in [0, 0.05) is 10.5 Å². The quantitative estimate of drug-likeness (QED) is 0.676. The van der Waals surface area contributed by atoms with Crippen molar-refractivity contribution in [2.24, 2.45) is 0 Å². The molecule has 2 nitrogen and oxygen atoms in total. The maximum absolute atomic E-state index is 12.1. The molecule has 0 spiro atoms. The van der Waals surface area contributed by atoms with Crippen molar-refractivity contribution in [2.45, 2.75) is 23.6 Å². The Morgan fingerprint density at radius 3 is 2.53 bits per heavy atom. The third-order valence-corrected chi connectivity index (χ3v) is 2.79. The van der Waals surface area contributed by atoms with E-state index < -0.39 is 23.3 Å². The predicted molar refractivity (Wildman–Crippen MR) is 59.7 cm³/mol. The number of thiol groups is 1. The number of alkyl halides is 4. The van der Waals surface area contributed by atoms with Gasteiger partial charge >= 0.3 is 6.36 Å². The number of hydrogen-bond donors (Lipinski definition) is 1. The summed E-state index contributed by atoms with van der Waals surface area (Å²) in [7, 11) is 0. The Hall–Kier alpha value is -0.880. The number of carbonyl (C=O) groups excluding carboxylic acids is 1. The molecule has 0 bridgehead atoms. The maximum atomic E-state index is 12.1. The predicted octanol–water partition coefficient (Wildman–Crippen LogP) is 3.74. The van der Waals surface area contributed by atoms with Crippen molar-refractivity contribution in [2.75, 3.05) is 0 Å². The summed E-state index contributed by atoms with van der Waals surface area (Å²) < 4.78 is 40.2. The van der Waals surface area contributed by atoms with E-state index >= 15 is 0 Å². The second-order valence-corrected chi connectivity index (χ2v) is 4.13. The molecule has 0 saturated heterocycles. The molecule has 1 atom stereocenters. The van der Waals surface area contributed by atoms with Crippen molar-refractivity contribution in [3.63, 3.8) is 0 Å². The first-order valence-electron chi connectivity index (χ1n) is 4.44. The van der Waals surface area contributed by atoms with Crippen molar-refractivity contribution in [1.29, 1.82) is 0 Å². The fraction of sp³-hybridized carbons (Fsp3) is 0.300. The van der Waals surface area contributed by atoms with Crippen molar-refractivity contribution in [3.05, 3.63) is 23.8 Å². The van der Waals surface area contributed by atoms with Gasteiger partial charge in [-0.1, -0.05) is 6.07 Å². The van der Waals surface area contributed by atoms with E-state index in [2.05, 4.69) is 17.4 Å². The average Bonchev–Trinajstić information content (AvgIpc) is 2.14. The molecule has 0 aliphatic rings. The van der Waals surface area contributed by atoms with Crippen LogP contribution in [0.5, 0.6) is 5.75 Å². The Labute approximate surface area is 106 Å². The largest absolute Gasteiger partial charge is 0.573 e. The van der Waals surface area contributed by atoms with Gasteiger partial charge in [-0.05, 0) is 19.1 Å². The molecule has 1 aromatic rings. The number of halogens is 4. The molecular formula is C10H8ClF3O2S. The van der Waals surface area contributed by atoms with E-state index in [0.29, 0.717) is 0 Å². The Bertz CT molecular complexity index is 434. The van der Waals surface area contributed by atoms with E-state index in [4.69, 9.17) is 11.6 Å². The van der Waals surface area contributed by atoms with Crippen LogP contribution in [-0.4, -0.2) is 12.1 Å². The van der Waals surface area contributed by atoms with Gasteiger partial charge in [0.05, 0.1) is 0 Å². The van der Waals surface area contributed by atoms with Gasteiger partial charge in [0.15, 0.2) is 5.78 Å². The van der Waals surface area contributed by atoms with E-state index in [1.165, 1.54) is 19.1 Å². The number of Topliss-reactive ketones (excluding diaryl/α,β-unsaturated/α-hetero) is 1. The summed E-state index contributed by atoms with van der Waals surface area (Å²) in [5.41, 5.74) is -0.0812. The third-order valence-electron chi connectivity index (χ3n) is 1.88. The van der Waals surface area contributed by atoms with Gasteiger partial charge in [0.25, 0.3) is 0 Å². The Kier molecular flexibility index (Phi) is 4.32. The Balaban J connectivity index is 3.22. The first-order chi connectivity index (χ1) is 7.72. The van der Waals surface area contributed by atoms with Gasteiger partial charge in [-0.25, -0.2) is 0 Å². The minimum Gasteiger partial charge on any atom is -0.405 e. The molecular weight excluding hydrogens is 277 g/mol. The molecule has 0 aliphatic carbocycles. The molecule has 94 valence electrons. The van der Waals surface area contributed by atoms with Crippen LogP contribution in [0.15, 0.2) is 23.1 Å². The number of benzene rings is 1. The lowest BCUT2D eigenvalue weighted by Crippen LogP contribution is -2.19. The minimum absolute atomic E-state index is 0.0812. The van der Waals surface area contributed by atoms with Crippen LogP contribution in [0.1, 0.15) is 17.9 Å². The Morgan fingerprint density at radius 1 is 1.47 bits per heavy atom. The van der Waals surface area contributed by atoms with Crippen LogP contribution in [0, 0.1) is 0 Å². The van der Waals surface area contributed by atoms with Crippen LogP contribution in [-0.2, 0) is 4.79 Å². The summed E-state index contributed by atoms with van der Waals surface area (Å²) in [6.07, 6.45) is -4.84. The van der Waals surface area contributed by atoms with E-state index in [1.54, 1.807) is 0 Å². The van der Waals surface area contributed by atoms with Gasteiger partial charge < -0.3 is 4.74 Å². The highest BCUT2D eigenvalue weighted by Crippen LogP contribution is 2.37. The van der Waals surface area contributed by atoms with Crippen molar-refractivity contribution >= 4 is 30.0 Å². The zero-order valence-corrected chi connectivity index (χ0v) is 10.2. The molecule has 0 saturated carbocycles. The molecule has 0 fully saturated rings. The first-order valence-corrected chi connectivity index (χ1v) is 5.33. The van der Waals surface area contributed by atoms with E-state index in [-0.39, 0.29) is 10.5 Å². The molecule has 0 amide bonds. The van der Waals surface area contributed by atoms with Crippen LogP contribution in [0.3, 0.4) is 0 Å². The average molecular weight is 285 g/mol. The smallest absolute Gasteiger partial charge is 0.405 e. The number of carbonyl (C=O) groups is 1.